The molecule has 5 aromatic rings. The van der Waals surface area contributed by atoms with Gasteiger partial charge in [-0.3, -0.25) is 34.7 Å². The molecule has 1 N–H and O–H groups in total. The Kier molecular flexibility index (Phi) is 13.8. The van der Waals surface area contributed by atoms with Crippen LogP contribution in [-0.2, 0) is 24.3 Å². The minimum absolute atomic E-state index is 0. The molecule has 44 heavy (non-hydrogen) atoms. The Morgan fingerprint density at radius 3 is 1.39 bits per heavy atom. The van der Waals surface area contributed by atoms with E-state index in [0.29, 0.717) is 6.42 Å². The maximum Gasteiger partial charge on any atom is 0.303 e. The van der Waals surface area contributed by atoms with E-state index < -0.39 is 5.97 Å². The first-order chi connectivity index (χ1) is 21.0. The fraction of sp³-hybridized carbons (Fsp3) is 0.171. The van der Waals surface area contributed by atoms with Gasteiger partial charge in [-0.1, -0.05) is 43.3 Å². The van der Waals surface area contributed by atoms with Gasteiger partial charge in [-0.05, 0) is 78.9 Å². The van der Waals surface area contributed by atoms with Gasteiger partial charge in [0.25, 0.3) is 0 Å². The summed E-state index contributed by atoms with van der Waals surface area (Å²) in [5.41, 5.74) is 5.51. The number of allylic oxidation sites excluding steroid dienone is 1. The van der Waals surface area contributed by atoms with Gasteiger partial charge < -0.3 is 5.11 Å². The van der Waals surface area contributed by atoms with E-state index in [4.69, 9.17) is 5.11 Å². The molecule has 1 atom stereocenters. The van der Waals surface area contributed by atoms with Gasteiger partial charge >= 0.3 is 5.97 Å². The summed E-state index contributed by atoms with van der Waals surface area (Å²) in [6.07, 6.45) is 15.3. The van der Waals surface area contributed by atoms with E-state index in [0.717, 1.165) is 47.0 Å². The predicted octanol–water partition coefficient (Wildman–Crippen LogP) is 7.33. The zero-order valence-electron chi connectivity index (χ0n) is 24.4. The van der Waals surface area contributed by atoms with Gasteiger partial charge in [0.1, 0.15) is 0 Å². The number of nitrogens with zero attached hydrogens (tertiary/aromatic N) is 6. The number of hydrogen-bond donors (Lipinski definition) is 1. The van der Waals surface area contributed by atoms with Gasteiger partial charge in [-0.15, -0.1) is 0 Å². The van der Waals surface area contributed by atoms with Crippen molar-refractivity contribution in [3.8, 4) is 22.8 Å². The number of aromatic nitrogens is 5. The minimum Gasteiger partial charge on any atom is -0.481 e. The summed E-state index contributed by atoms with van der Waals surface area (Å²) >= 11 is 0. The molecule has 224 valence electrons. The Labute approximate surface area is 270 Å². The number of rotatable bonds is 7. The molecule has 0 radical (unpaired) electrons. The fourth-order valence-electron chi connectivity index (χ4n) is 4.36. The predicted molar refractivity (Wildman–Crippen MR) is 169 cm³/mol. The normalized spacial score (nSPS) is 14.8. The maximum absolute atomic E-state index is 10.6. The topological polar surface area (TPSA) is 114 Å². The molecule has 0 saturated carbocycles. The van der Waals surface area contributed by atoms with Crippen molar-refractivity contribution in [1.82, 2.24) is 24.9 Å². The Morgan fingerprint density at radius 2 is 1.05 bits per heavy atom. The molecule has 0 aliphatic carbocycles. The summed E-state index contributed by atoms with van der Waals surface area (Å²) in [4.78, 5) is 36.0. The van der Waals surface area contributed by atoms with Crippen LogP contribution >= 0.6 is 0 Å². The van der Waals surface area contributed by atoms with Crippen LogP contribution in [0, 0.1) is 5.41 Å². The monoisotopic (exact) mass is 672 g/mol. The number of carboxylic acids is 1. The van der Waals surface area contributed by atoms with Gasteiger partial charge in [0.2, 0.25) is 0 Å². The van der Waals surface area contributed by atoms with E-state index in [1.54, 1.807) is 31.0 Å². The van der Waals surface area contributed by atoms with Crippen molar-refractivity contribution >= 4 is 11.7 Å². The molecule has 8 nitrogen and oxygen atoms in total. The van der Waals surface area contributed by atoms with Crippen LogP contribution in [0.3, 0.4) is 0 Å². The number of aliphatic imine (C=N–C) groups is 1. The second-order valence-electron chi connectivity index (χ2n) is 10.0. The summed E-state index contributed by atoms with van der Waals surface area (Å²) in [6, 6.07) is 29.0. The van der Waals surface area contributed by atoms with Crippen LogP contribution in [-0.4, -0.2) is 41.7 Å². The largest absolute Gasteiger partial charge is 0.481 e. The third-order valence-electron chi connectivity index (χ3n) is 6.56. The molecule has 1 aliphatic heterocycles. The zero-order valence-corrected chi connectivity index (χ0v) is 26.2. The Morgan fingerprint density at radius 1 is 0.659 bits per heavy atom. The van der Waals surface area contributed by atoms with E-state index in [1.165, 1.54) is 0 Å². The first-order valence-electron chi connectivity index (χ1n) is 14.0. The fourth-order valence-corrected chi connectivity index (χ4v) is 4.36. The third kappa shape index (κ3) is 11.2. The van der Waals surface area contributed by atoms with Crippen LogP contribution < -0.4 is 0 Å². The minimum atomic E-state index is -0.734. The molecule has 0 aromatic carbocycles. The number of carboxylic acid groups (broad SMARTS) is 1. The van der Waals surface area contributed by atoms with Gasteiger partial charge in [-0.25, -0.2) is 0 Å². The maximum atomic E-state index is 10.6. The second-order valence-corrected chi connectivity index (χ2v) is 10.0. The second kappa shape index (κ2) is 18.0. The number of pyridine rings is 5. The van der Waals surface area contributed by atoms with E-state index in [-0.39, 0.29) is 31.3 Å². The Balaban J connectivity index is 0.000000185. The van der Waals surface area contributed by atoms with Gasteiger partial charge in [-0.2, -0.15) is 0 Å². The summed E-state index contributed by atoms with van der Waals surface area (Å²) in [5.74, 6) is -0.734. The van der Waals surface area contributed by atoms with Crippen LogP contribution in [0.2, 0.25) is 0 Å². The summed E-state index contributed by atoms with van der Waals surface area (Å²) < 4.78 is 0. The molecule has 0 spiro atoms. The van der Waals surface area contributed by atoms with E-state index in [1.807, 2.05) is 97.2 Å². The van der Waals surface area contributed by atoms with Crippen LogP contribution in [0.25, 0.3) is 22.8 Å². The van der Waals surface area contributed by atoms with Crippen molar-refractivity contribution < 1.29 is 29.4 Å². The SMILES string of the molecule is CC1(CCCC(=O)O)C=CN=C(c2ccccn2)C1.[Ru].c1ccc(-c2ccccn2)nc1.c1ccc(-c2ccccn2)nc1. The summed E-state index contributed by atoms with van der Waals surface area (Å²) in [5, 5.41) is 8.71. The average molecular weight is 672 g/mol. The van der Waals surface area contributed by atoms with Gasteiger partial charge in [0.15, 0.2) is 0 Å². The molecular weight excluding hydrogens is 637 g/mol. The molecule has 0 amide bonds. The van der Waals surface area contributed by atoms with E-state index in [9.17, 15) is 4.79 Å². The molecule has 0 saturated heterocycles. The summed E-state index contributed by atoms with van der Waals surface area (Å²) in [7, 11) is 0. The van der Waals surface area contributed by atoms with Gasteiger partial charge in [0.05, 0.1) is 34.2 Å². The van der Waals surface area contributed by atoms with Crippen molar-refractivity contribution in [2.45, 2.75) is 32.6 Å². The smallest absolute Gasteiger partial charge is 0.303 e. The molecular formula is C35H34N6O2Ru. The quantitative estimate of drug-likeness (QED) is 0.180. The number of aliphatic carboxylic acids is 1. The first-order valence-corrected chi connectivity index (χ1v) is 14.0. The molecule has 6 heterocycles. The van der Waals surface area contributed by atoms with Crippen LogP contribution in [0.4, 0.5) is 0 Å². The van der Waals surface area contributed by atoms with Crippen molar-refractivity contribution in [2.24, 2.45) is 10.4 Å². The van der Waals surface area contributed by atoms with E-state index >= 15 is 0 Å². The number of hydrogen-bond acceptors (Lipinski definition) is 7. The molecule has 0 bridgehead atoms. The van der Waals surface area contributed by atoms with Crippen molar-refractivity contribution in [3.05, 3.63) is 140 Å². The molecule has 9 heteroatoms. The van der Waals surface area contributed by atoms with Crippen LogP contribution in [0.1, 0.15) is 38.3 Å². The van der Waals surface area contributed by atoms with Crippen molar-refractivity contribution in [2.75, 3.05) is 0 Å². The van der Waals surface area contributed by atoms with Crippen molar-refractivity contribution in [1.29, 1.82) is 0 Å². The Hall–Kier alpha value is -4.75. The summed E-state index contributed by atoms with van der Waals surface area (Å²) in [6.45, 7) is 2.14. The average Bonchev–Trinajstić information content (AvgIpc) is 3.07. The zero-order chi connectivity index (χ0) is 30.2. The van der Waals surface area contributed by atoms with Crippen molar-refractivity contribution in [3.63, 3.8) is 0 Å². The molecule has 0 fully saturated rings. The molecule has 6 rings (SSSR count). The molecule has 5 aromatic heterocycles. The number of carbonyl (C=O) groups is 1. The standard InChI is InChI=1S/C15H18N2O2.2C10H8N2.Ru/c1-15(7-4-6-14(18)19)8-10-17-13(11-15)12-5-2-3-9-16-12;2*1-3-7-11-9(5-1)10-6-2-4-8-12-10;/h2-3,5,8-10H,4,6-7,11H2,1H3,(H,18,19);2*1-8H;. The van der Waals surface area contributed by atoms with Crippen LogP contribution in [0.15, 0.2) is 139 Å². The first kappa shape index (κ1) is 33.8. The van der Waals surface area contributed by atoms with Crippen LogP contribution in [0.5, 0.6) is 0 Å². The van der Waals surface area contributed by atoms with Gasteiger partial charge in [0, 0.05) is 69.5 Å². The Bertz CT molecular complexity index is 1440. The molecule has 1 aliphatic rings. The van der Waals surface area contributed by atoms with E-state index in [2.05, 4.69) is 42.9 Å². The third-order valence-corrected chi connectivity index (χ3v) is 6.56. The molecule has 1 unspecified atom stereocenters.